The normalized spacial score (nSPS) is 15.6. The summed E-state index contributed by atoms with van der Waals surface area (Å²) >= 11 is 6.27. The van der Waals surface area contributed by atoms with Gasteiger partial charge in [0, 0.05) is 48.0 Å². The zero-order chi connectivity index (χ0) is 17.6. The quantitative estimate of drug-likeness (QED) is 0.685. The van der Waals surface area contributed by atoms with Gasteiger partial charge in [-0.2, -0.15) is 0 Å². The summed E-state index contributed by atoms with van der Waals surface area (Å²) in [6, 6.07) is 6.16. The Bertz CT molecular complexity index is 970. The smallest absolute Gasteiger partial charge is 0.0856 e. The van der Waals surface area contributed by atoms with E-state index < -0.39 is 0 Å². The fraction of sp³-hybridized carbons (Fsp3) is 0.300. The lowest BCUT2D eigenvalue weighted by molar-refractivity contribution is 0.312. The molecule has 3 heterocycles. The molecule has 1 aromatic carbocycles. The number of aryl methyl sites for hydroxylation is 1. The van der Waals surface area contributed by atoms with Crippen molar-refractivity contribution in [2.75, 3.05) is 13.6 Å². The van der Waals surface area contributed by atoms with E-state index in [1.54, 1.807) is 0 Å². The number of benzene rings is 1. The van der Waals surface area contributed by atoms with E-state index in [4.69, 9.17) is 11.6 Å². The van der Waals surface area contributed by atoms with E-state index in [0.717, 1.165) is 41.5 Å². The van der Waals surface area contributed by atoms with E-state index >= 15 is 0 Å². The fourth-order valence-corrected chi connectivity index (χ4v) is 3.68. The third-order valence-corrected chi connectivity index (χ3v) is 5.08. The highest BCUT2D eigenvalue weighted by molar-refractivity contribution is 6.31. The number of likely N-dealkylation sites (N-methyl/N-ethyl adjacent to an activating group) is 1. The lowest BCUT2D eigenvalue weighted by Crippen LogP contribution is -2.26. The molecular weight excluding hydrogens is 332 g/mol. The molecule has 0 fully saturated rings. The summed E-state index contributed by atoms with van der Waals surface area (Å²) in [4.78, 5) is 11.2. The summed E-state index contributed by atoms with van der Waals surface area (Å²) in [6.45, 7) is 6.05. The van der Waals surface area contributed by atoms with Crippen LogP contribution in [0.5, 0.6) is 0 Å². The topological polar surface area (TPSA) is 34.0 Å². The number of hydrogen-bond donors (Lipinski definition) is 0. The summed E-state index contributed by atoms with van der Waals surface area (Å²) in [5.41, 5.74) is 6.88. The highest BCUT2D eigenvalue weighted by Gasteiger charge is 2.22. The maximum Gasteiger partial charge on any atom is 0.0856 e. The molecule has 0 atom stereocenters. The van der Waals surface area contributed by atoms with Gasteiger partial charge < -0.3 is 9.47 Å². The van der Waals surface area contributed by atoms with Crippen molar-refractivity contribution in [3.05, 3.63) is 58.3 Å². The van der Waals surface area contributed by atoms with Gasteiger partial charge in [0.05, 0.1) is 23.1 Å². The third kappa shape index (κ3) is 2.96. The second-order valence-corrected chi connectivity index (χ2v) is 7.24. The Balaban J connectivity index is 1.89. The van der Waals surface area contributed by atoms with Gasteiger partial charge in [0.1, 0.15) is 0 Å². The van der Waals surface area contributed by atoms with E-state index in [0.29, 0.717) is 0 Å². The Hall–Kier alpha value is -2.17. The Kier molecular flexibility index (Phi) is 4.10. The molecule has 0 spiro atoms. The maximum atomic E-state index is 6.27. The van der Waals surface area contributed by atoms with Crippen molar-refractivity contribution in [1.29, 1.82) is 0 Å². The molecule has 0 N–H and O–H groups in total. The van der Waals surface area contributed by atoms with Gasteiger partial charge in [0.15, 0.2) is 0 Å². The van der Waals surface area contributed by atoms with Crippen molar-refractivity contribution < 1.29 is 0 Å². The average Bonchev–Trinajstić information content (AvgIpc) is 2.88. The van der Waals surface area contributed by atoms with Crippen molar-refractivity contribution in [3.63, 3.8) is 0 Å². The van der Waals surface area contributed by atoms with Gasteiger partial charge in [-0.15, -0.1) is 0 Å². The molecule has 5 heteroatoms. The summed E-state index contributed by atoms with van der Waals surface area (Å²) < 4.78 is 2.31. The largest absolute Gasteiger partial charge is 0.320 e. The molecule has 0 amide bonds. The minimum absolute atomic E-state index is 0.783. The van der Waals surface area contributed by atoms with Crippen molar-refractivity contribution in [2.24, 2.45) is 0 Å². The molecule has 2 aromatic heterocycles. The van der Waals surface area contributed by atoms with Gasteiger partial charge in [-0.1, -0.05) is 11.6 Å². The van der Waals surface area contributed by atoms with Crippen LogP contribution in [-0.2, 0) is 13.0 Å². The Morgan fingerprint density at radius 2 is 2.08 bits per heavy atom. The minimum Gasteiger partial charge on any atom is -0.320 e. The molecule has 0 saturated heterocycles. The number of allylic oxidation sites excluding steroid dienone is 1. The third-order valence-electron chi connectivity index (χ3n) is 4.85. The Morgan fingerprint density at radius 3 is 2.84 bits per heavy atom. The van der Waals surface area contributed by atoms with Crippen LogP contribution in [0.3, 0.4) is 0 Å². The number of hydrogen-bond acceptors (Lipinski definition) is 3. The second kappa shape index (κ2) is 6.28. The first kappa shape index (κ1) is 16.3. The predicted molar refractivity (Wildman–Crippen MR) is 104 cm³/mol. The summed E-state index contributed by atoms with van der Waals surface area (Å²) in [5.74, 6) is 0. The second-order valence-electron chi connectivity index (χ2n) is 6.80. The molecule has 25 heavy (non-hydrogen) atoms. The first-order chi connectivity index (χ1) is 12.0. The van der Waals surface area contributed by atoms with Gasteiger partial charge in [-0.25, -0.2) is 0 Å². The standard InChI is InChI=1S/C20H21ClN4/c1-13(18-10-22-14(2)9-23-18)11-25-19-5-4-15(21)8-16(19)17-12-24(3)7-6-20(17)25/h4-5,8-11H,6-7,12H2,1-3H3. The average molecular weight is 353 g/mol. The van der Waals surface area contributed by atoms with Crippen LogP contribution in [0.25, 0.3) is 22.7 Å². The van der Waals surface area contributed by atoms with Crippen LogP contribution in [0.4, 0.5) is 0 Å². The molecule has 0 unspecified atom stereocenters. The van der Waals surface area contributed by atoms with Crippen molar-refractivity contribution in [1.82, 2.24) is 19.4 Å². The molecule has 4 rings (SSSR count). The van der Waals surface area contributed by atoms with E-state index in [9.17, 15) is 0 Å². The van der Waals surface area contributed by atoms with Crippen LogP contribution in [-0.4, -0.2) is 33.0 Å². The van der Waals surface area contributed by atoms with Crippen LogP contribution in [0.1, 0.15) is 29.6 Å². The SMILES string of the molecule is CC(=Cn1c2c(c3cc(Cl)ccc31)CN(C)CC2)c1cnc(C)cn1. The highest BCUT2D eigenvalue weighted by Crippen LogP contribution is 2.33. The monoisotopic (exact) mass is 352 g/mol. The minimum atomic E-state index is 0.783. The van der Waals surface area contributed by atoms with Crippen molar-refractivity contribution in [2.45, 2.75) is 26.8 Å². The van der Waals surface area contributed by atoms with Crippen LogP contribution in [0.15, 0.2) is 30.6 Å². The summed E-state index contributed by atoms with van der Waals surface area (Å²) in [7, 11) is 2.17. The van der Waals surface area contributed by atoms with Gasteiger partial charge in [0.25, 0.3) is 0 Å². The molecule has 128 valence electrons. The molecule has 1 aliphatic rings. The van der Waals surface area contributed by atoms with Gasteiger partial charge >= 0.3 is 0 Å². The van der Waals surface area contributed by atoms with Crippen LogP contribution < -0.4 is 0 Å². The number of nitrogens with zero attached hydrogens (tertiary/aromatic N) is 4. The zero-order valence-electron chi connectivity index (χ0n) is 14.8. The van der Waals surface area contributed by atoms with Crippen molar-refractivity contribution in [3.8, 4) is 0 Å². The van der Waals surface area contributed by atoms with E-state index in [1.807, 2.05) is 25.4 Å². The van der Waals surface area contributed by atoms with Gasteiger partial charge in [0.2, 0.25) is 0 Å². The summed E-state index contributed by atoms with van der Waals surface area (Å²) in [6.07, 6.45) is 6.86. The predicted octanol–water partition coefficient (Wildman–Crippen LogP) is 4.40. The lowest BCUT2D eigenvalue weighted by Gasteiger charge is -2.23. The van der Waals surface area contributed by atoms with Gasteiger partial charge in [-0.3, -0.25) is 9.97 Å². The molecule has 0 bridgehead atoms. The molecule has 1 aliphatic heterocycles. The fourth-order valence-electron chi connectivity index (χ4n) is 3.50. The van der Waals surface area contributed by atoms with E-state index in [1.165, 1.54) is 22.2 Å². The number of aromatic nitrogens is 3. The van der Waals surface area contributed by atoms with Crippen LogP contribution >= 0.6 is 11.6 Å². The van der Waals surface area contributed by atoms with Crippen molar-refractivity contribution >= 4 is 34.3 Å². The molecule has 3 aromatic rings. The number of rotatable bonds is 2. The molecule has 0 radical (unpaired) electrons. The number of fused-ring (bicyclic) bond motifs is 3. The van der Waals surface area contributed by atoms with Crippen LogP contribution in [0.2, 0.25) is 5.02 Å². The molecule has 0 saturated carbocycles. The Labute approximate surface area is 152 Å². The van der Waals surface area contributed by atoms with Crippen LogP contribution in [0, 0.1) is 6.92 Å². The number of halogens is 1. The molecular formula is C20H21ClN4. The first-order valence-corrected chi connectivity index (χ1v) is 8.88. The van der Waals surface area contributed by atoms with Gasteiger partial charge in [-0.05, 0) is 50.2 Å². The first-order valence-electron chi connectivity index (χ1n) is 8.50. The maximum absolute atomic E-state index is 6.27. The molecule has 0 aliphatic carbocycles. The molecule has 4 nitrogen and oxygen atoms in total. The van der Waals surface area contributed by atoms with E-state index in [2.05, 4.69) is 51.7 Å². The Morgan fingerprint density at radius 1 is 1.24 bits per heavy atom. The zero-order valence-corrected chi connectivity index (χ0v) is 15.5. The van der Waals surface area contributed by atoms with E-state index in [-0.39, 0.29) is 0 Å². The lowest BCUT2D eigenvalue weighted by atomic mass is 10.1. The summed E-state index contributed by atoms with van der Waals surface area (Å²) in [5, 5.41) is 2.03. The highest BCUT2D eigenvalue weighted by atomic mass is 35.5.